The van der Waals surface area contributed by atoms with Gasteiger partial charge in [0.2, 0.25) is 5.82 Å². The van der Waals surface area contributed by atoms with E-state index in [2.05, 4.69) is 20.5 Å². The van der Waals surface area contributed by atoms with Gasteiger partial charge in [-0.1, -0.05) is 0 Å². The standard InChI is InChI=1S/C12H13N7O2/c1-8-11(19(20)21)12(17(2)16-8)14-7-9-3-5-13-10-4-6-15-18(9)10/h3-6,14H,7H2,1-2H3. The van der Waals surface area contributed by atoms with E-state index < -0.39 is 4.92 Å². The summed E-state index contributed by atoms with van der Waals surface area (Å²) in [6.45, 7) is 1.99. The van der Waals surface area contributed by atoms with Crippen molar-refractivity contribution in [3.05, 3.63) is 46.0 Å². The lowest BCUT2D eigenvalue weighted by Gasteiger charge is -2.07. The van der Waals surface area contributed by atoms with Gasteiger partial charge in [0.25, 0.3) is 0 Å². The summed E-state index contributed by atoms with van der Waals surface area (Å²) >= 11 is 0. The Balaban J connectivity index is 1.92. The van der Waals surface area contributed by atoms with E-state index in [1.54, 1.807) is 36.9 Å². The molecule has 0 amide bonds. The molecule has 0 aliphatic carbocycles. The van der Waals surface area contributed by atoms with Crippen LogP contribution in [-0.4, -0.2) is 29.3 Å². The smallest absolute Gasteiger partial charge is 0.333 e. The molecule has 0 unspecified atom stereocenters. The van der Waals surface area contributed by atoms with Crippen LogP contribution in [0.2, 0.25) is 0 Å². The zero-order chi connectivity index (χ0) is 15.0. The van der Waals surface area contributed by atoms with Gasteiger partial charge in [0.15, 0.2) is 5.65 Å². The highest BCUT2D eigenvalue weighted by Gasteiger charge is 2.23. The summed E-state index contributed by atoms with van der Waals surface area (Å²) in [7, 11) is 1.67. The SMILES string of the molecule is Cc1nn(C)c(NCc2ccnc3ccnn23)c1[N+](=O)[O-]. The van der Waals surface area contributed by atoms with Crippen molar-refractivity contribution in [3.8, 4) is 0 Å². The highest BCUT2D eigenvalue weighted by molar-refractivity contribution is 5.59. The zero-order valence-electron chi connectivity index (χ0n) is 11.5. The van der Waals surface area contributed by atoms with Gasteiger partial charge in [0, 0.05) is 19.3 Å². The number of nitrogens with zero attached hydrogens (tertiary/aromatic N) is 6. The minimum absolute atomic E-state index is 0.0109. The van der Waals surface area contributed by atoms with Crippen molar-refractivity contribution < 1.29 is 4.92 Å². The molecule has 0 saturated heterocycles. The molecule has 3 heterocycles. The van der Waals surface area contributed by atoms with Crippen molar-refractivity contribution in [1.82, 2.24) is 24.4 Å². The van der Waals surface area contributed by atoms with Gasteiger partial charge < -0.3 is 5.32 Å². The summed E-state index contributed by atoms with van der Waals surface area (Å²) in [5, 5.41) is 22.4. The second kappa shape index (κ2) is 4.85. The van der Waals surface area contributed by atoms with Crippen LogP contribution < -0.4 is 5.32 Å². The van der Waals surface area contributed by atoms with E-state index in [0.717, 1.165) is 11.3 Å². The van der Waals surface area contributed by atoms with Crippen LogP contribution in [0.25, 0.3) is 5.65 Å². The quantitative estimate of drug-likeness (QED) is 0.573. The van der Waals surface area contributed by atoms with Gasteiger partial charge in [-0.15, -0.1) is 0 Å². The molecule has 0 fully saturated rings. The molecule has 0 bridgehead atoms. The zero-order valence-corrected chi connectivity index (χ0v) is 11.5. The summed E-state index contributed by atoms with van der Waals surface area (Å²) in [4.78, 5) is 14.9. The summed E-state index contributed by atoms with van der Waals surface area (Å²) in [6.07, 6.45) is 3.33. The van der Waals surface area contributed by atoms with Crippen LogP contribution in [-0.2, 0) is 13.6 Å². The molecule has 0 atom stereocenters. The second-order valence-electron chi connectivity index (χ2n) is 4.55. The van der Waals surface area contributed by atoms with E-state index in [-0.39, 0.29) is 5.69 Å². The van der Waals surface area contributed by atoms with Gasteiger partial charge >= 0.3 is 5.69 Å². The molecule has 108 valence electrons. The number of rotatable bonds is 4. The van der Waals surface area contributed by atoms with Crippen molar-refractivity contribution in [2.24, 2.45) is 7.05 Å². The number of nitro groups is 1. The van der Waals surface area contributed by atoms with Gasteiger partial charge in [0.1, 0.15) is 5.69 Å². The number of aryl methyl sites for hydroxylation is 2. The number of hydrogen-bond acceptors (Lipinski definition) is 6. The average Bonchev–Trinajstić information content (AvgIpc) is 3.00. The fourth-order valence-electron chi connectivity index (χ4n) is 2.26. The molecule has 21 heavy (non-hydrogen) atoms. The lowest BCUT2D eigenvalue weighted by molar-refractivity contribution is -0.384. The predicted octanol–water partition coefficient (Wildman–Crippen LogP) is 1.29. The van der Waals surface area contributed by atoms with Gasteiger partial charge in [-0.25, -0.2) is 14.2 Å². The largest absolute Gasteiger partial charge is 0.359 e. The Morgan fingerprint density at radius 2 is 2.19 bits per heavy atom. The van der Waals surface area contributed by atoms with Crippen LogP contribution in [0.1, 0.15) is 11.4 Å². The molecule has 0 aliphatic heterocycles. The summed E-state index contributed by atoms with van der Waals surface area (Å²) in [6, 6.07) is 3.60. The number of aromatic nitrogens is 5. The molecule has 3 aromatic heterocycles. The molecular weight excluding hydrogens is 274 g/mol. The van der Waals surface area contributed by atoms with Crippen LogP contribution in [0.5, 0.6) is 0 Å². The first-order chi connectivity index (χ1) is 10.1. The predicted molar refractivity (Wildman–Crippen MR) is 74.9 cm³/mol. The topological polar surface area (TPSA) is 103 Å². The van der Waals surface area contributed by atoms with E-state index in [1.807, 2.05) is 6.07 Å². The maximum Gasteiger partial charge on any atom is 0.333 e. The van der Waals surface area contributed by atoms with Gasteiger partial charge in [-0.3, -0.25) is 10.1 Å². The van der Waals surface area contributed by atoms with Crippen molar-refractivity contribution in [2.75, 3.05) is 5.32 Å². The second-order valence-corrected chi connectivity index (χ2v) is 4.55. The fourth-order valence-corrected chi connectivity index (χ4v) is 2.26. The molecule has 9 nitrogen and oxygen atoms in total. The first-order valence-corrected chi connectivity index (χ1v) is 6.27. The Labute approximate surface area is 119 Å². The Morgan fingerprint density at radius 3 is 2.95 bits per heavy atom. The molecule has 3 aromatic rings. The maximum atomic E-state index is 11.1. The van der Waals surface area contributed by atoms with E-state index >= 15 is 0 Å². The number of hydrogen-bond donors (Lipinski definition) is 1. The minimum atomic E-state index is -0.430. The van der Waals surface area contributed by atoms with Crippen LogP contribution in [0.3, 0.4) is 0 Å². The summed E-state index contributed by atoms with van der Waals surface area (Å²) in [5.41, 5.74) is 1.94. The fraction of sp³-hybridized carbons (Fsp3) is 0.250. The van der Waals surface area contributed by atoms with Crippen molar-refractivity contribution in [2.45, 2.75) is 13.5 Å². The third kappa shape index (κ3) is 2.18. The Kier molecular flexibility index (Phi) is 3.01. The normalized spacial score (nSPS) is 11.0. The molecule has 9 heteroatoms. The minimum Gasteiger partial charge on any atom is -0.359 e. The highest BCUT2D eigenvalue weighted by Crippen LogP contribution is 2.27. The first-order valence-electron chi connectivity index (χ1n) is 6.27. The average molecular weight is 287 g/mol. The molecule has 0 aromatic carbocycles. The van der Waals surface area contributed by atoms with Crippen LogP contribution in [0.15, 0.2) is 24.5 Å². The Hall–Kier alpha value is -2.97. The number of fused-ring (bicyclic) bond motifs is 1. The molecule has 0 spiro atoms. The van der Waals surface area contributed by atoms with E-state index in [1.165, 1.54) is 4.68 Å². The van der Waals surface area contributed by atoms with Crippen LogP contribution >= 0.6 is 0 Å². The maximum absolute atomic E-state index is 11.1. The van der Waals surface area contributed by atoms with Gasteiger partial charge in [-0.05, 0) is 13.0 Å². The van der Waals surface area contributed by atoms with Gasteiger partial charge in [-0.2, -0.15) is 10.2 Å². The molecule has 0 aliphatic rings. The third-order valence-corrected chi connectivity index (χ3v) is 3.18. The molecule has 0 saturated carbocycles. The van der Waals surface area contributed by atoms with Gasteiger partial charge in [0.05, 0.1) is 23.4 Å². The van der Waals surface area contributed by atoms with Crippen LogP contribution in [0, 0.1) is 17.0 Å². The Bertz CT molecular complexity index is 820. The summed E-state index contributed by atoms with van der Waals surface area (Å²) in [5.74, 6) is 0.370. The summed E-state index contributed by atoms with van der Waals surface area (Å²) < 4.78 is 3.15. The molecule has 1 N–H and O–H groups in total. The lowest BCUT2D eigenvalue weighted by Crippen LogP contribution is -2.10. The molecule has 3 rings (SSSR count). The molecule has 0 radical (unpaired) electrons. The van der Waals surface area contributed by atoms with E-state index in [0.29, 0.717) is 18.1 Å². The monoisotopic (exact) mass is 287 g/mol. The number of nitrogens with one attached hydrogen (secondary N) is 1. The van der Waals surface area contributed by atoms with Crippen molar-refractivity contribution >= 4 is 17.2 Å². The van der Waals surface area contributed by atoms with Crippen molar-refractivity contribution in [3.63, 3.8) is 0 Å². The molecular formula is C12H13N7O2. The lowest BCUT2D eigenvalue weighted by atomic mass is 10.3. The van der Waals surface area contributed by atoms with Crippen LogP contribution in [0.4, 0.5) is 11.5 Å². The van der Waals surface area contributed by atoms with E-state index in [9.17, 15) is 10.1 Å². The Morgan fingerprint density at radius 1 is 1.38 bits per heavy atom. The number of anilines is 1. The van der Waals surface area contributed by atoms with E-state index in [4.69, 9.17) is 0 Å². The third-order valence-electron chi connectivity index (χ3n) is 3.18. The highest BCUT2D eigenvalue weighted by atomic mass is 16.6. The first kappa shape index (κ1) is 13.0. The van der Waals surface area contributed by atoms with Crippen molar-refractivity contribution in [1.29, 1.82) is 0 Å².